The lowest BCUT2D eigenvalue weighted by Crippen LogP contribution is -2.39. The van der Waals surface area contributed by atoms with Gasteiger partial charge in [-0.05, 0) is 58.8 Å². The monoisotopic (exact) mass is 557 g/mol. The first kappa shape index (κ1) is 27.0. The lowest BCUT2D eigenvalue weighted by atomic mass is 10.1. The molecule has 6 rings (SSSR count). The molecule has 1 aliphatic heterocycles. The number of nitrogens with zero attached hydrogens (tertiary/aromatic N) is 8. The maximum absolute atomic E-state index is 10.1. The molecule has 41 heavy (non-hydrogen) atoms. The maximum Gasteiger partial charge on any atom is 0.241 e. The molecule has 0 spiro atoms. The number of aromatic amines is 1. The van der Waals surface area contributed by atoms with Crippen molar-refractivity contribution in [1.82, 2.24) is 39.6 Å². The van der Waals surface area contributed by atoms with Crippen molar-refractivity contribution in [3.05, 3.63) is 34.4 Å². The van der Waals surface area contributed by atoms with E-state index in [0.717, 1.165) is 63.3 Å². The number of hydrogen-bond acceptors (Lipinski definition) is 9. The third kappa shape index (κ3) is 4.85. The summed E-state index contributed by atoms with van der Waals surface area (Å²) in [4.78, 5) is 7.32. The molecule has 2 aliphatic rings. The minimum absolute atomic E-state index is 0.0675. The standard InChI is InChI=1S/C29H35N9O3/c1-16(14-39)38-25-13-37(20-6-7-20)17(2)15-41-29-26(18(3)34-36(29)5)24-12-22-23(32-33-27(22)19(4)31-24)9-8-21(25)28(35-38)40-11-10-30/h8-9,12,16-17,20,39H,6-7,11,13-15H2,1-5H3,(H,32,33)/b9-8+/t16-,17+/m0/s1. The zero-order chi connectivity index (χ0) is 28.8. The van der Waals surface area contributed by atoms with E-state index in [1.54, 1.807) is 4.68 Å². The molecule has 2 N–H and O–H groups in total. The van der Waals surface area contributed by atoms with Crippen LogP contribution in [0.5, 0.6) is 11.8 Å². The van der Waals surface area contributed by atoms with Gasteiger partial charge in [-0.15, -0.1) is 5.10 Å². The van der Waals surface area contributed by atoms with Gasteiger partial charge in [-0.25, -0.2) is 4.68 Å². The molecule has 0 amide bonds. The molecule has 0 unspecified atom stereocenters. The van der Waals surface area contributed by atoms with Crippen LogP contribution in [0.15, 0.2) is 6.07 Å². The van der Waals surface area contributed by atoms with E-state index in [1.807, 2.05) is 56.8 Å². The Labute approximate surface area is 238 Å². The average Bonchev–Trinajstić information content (AvgIpc) is 3.52. The summed E-state index contributed by atoms with van der Waals surface area (Å²) >= 11 is 0. The summed E-state index contributed by atoms with van der Waals surface area (Å²) in [5.74, 6) is 1.04. The van der Waals surface area contributed by atoms with Crippen molar-refractivity contribution in [3.63, 3.8) is 0 Å². The molecular weight excluding hydrogens is 522 g/mol. The van der Waals surface area contributed by atoms with Gasteiger partial charge in [0.05, 0.1) is 52.2 Å². The van der Waals surface area contributed by atoms with E-state index in [1.165, 1.54) is 0 Å². The van der Waals surface area contributed by atoms with Crippen LogP contribution in [-0.4, -0.2) is 76.7 Å². The molecule has 5 heterocycles. The number of aliphatic hydroxyl groups is 1. The van der Waals surface area contributed by atoms with Crippen molar-refractivity contribution in [2.24, 2.45) is 7.05 Å². The van der Waals surface area contributed by atoms with Crippen molar-refractivity contribution in [2.75, 3.05) is 19.8 Å². The van der Waals surface area contributed by atoms with Gasteiger partial charge in [0.2, 0.25) is 11.8 Å². The van der Waals surface area contributed by atoms with Gasteiger partial charge in [0.25, 0.3) is 0 Å². The second-order valence-corrected chi connectivity index (χ2v) is 11.0. The van der Waals surface area contributed by atoms with Crippen LogP contribution in [0.2, 0.25) is 0 Å². The van der Waals surface area contributed by atoms with E-state index in [9.17, 15) is 10.4 Å². The van der Waals surface area contributed by atoms with Crippen LogP contribution in [0.25, 0.3) is 34.3 Å². The van der Waals surface area contributed by atoms with Gasteiger partial charge >= 0.3 is 0 Å². The molecule has 1 aliphatic carbocycles. The van der Waals surface area contributed by atoms with E-state index < -0.39 is 0 Å². The number of aryl methyl sites for hydroxylation is 3. The van der Waals surface area contributed by atoms with Crippen molar-refractivity contribution < 1.29 is 14.6 Å². The Kier molecular flexibility index (Phi) is 7.01. The molecule has 2 bridgehead atoms. The molecule has 1 fully saturated rings. The number of nitriles is 1. The molecule has 4 aromatic rings. The van der Waals surface area contributed by atoms with E-state index >= 15 is 0 Å². The second-order valence-electron chi connectivity index (χ2n) is 11.0. The number of aromatic nitrogens is 7. The Hall–Kier alpha value is -4.21. The fourth-order valence-electron chi connectivity index (χ4n) is 5.66. The molecule has 4 aromatic heterocycles. The van der Waals surface area contributed by atoms with Crippen LogP contribution in [-0.2, 0) is 13.6 Å². The maximum atomic E-state index is 10.1. The number of rotatable bonds is 5. The number of aliphatic hydroxyl groups excluding tert-OH is 1. The summed E-state index contributed by atoms with van der Waals surface area (Å²) in [6, 6.07) is 4.27. The second kappa shape index (κ2) is 10.6. The molecular formula is C29H35N9O3. The Morgan fingerprint density at radius 2 is 2.05 bits per heavy atom. The van der Waals surface area contributed by atoms with Crippen molar-refractivity contribution >= 4 is 23.1 Å². The number of fused-ring (bicyclic) bond motifs is 4. The summed E-state index contributed by atoms with van der Waals surface area (Å²) in [5.41, 5.74) is 6.54. The quantitative estimate of drug-likeness (QED) is 0.377. The van der Waals surface area contributed by atoms with Crippen LogP contribution >= 0.6 is 0 Å². The van der Waals surface area contributed by atoms with Crippen LogP contribution in [0, 0.1) is 25.2 Å². The SMILES string of the molecule is Cc1nn(C)c2c1-c1cc3c([nH]nc3c(C)n1)/C=C/c1c(OCC#N)nn([C@@H](C)CO)c1CN(C1CC1)[C@H](C)CO2. The predicted molar refractivity (Wildman–Crippen MR) is 153 cm³/mol. The molecule has 12 nitrogen and oxygen atoms in total. The topological polar surface area (TPSA) is 143 Å². The summed E-state index contributed by atoms with van der Waals surface area (Å²) in [7, 11) is 1.89. The smallest absolute Gasteiger partial charge is 0.241 e. The molecule has 0 radical (unpaired) electrons. The minimum atomic E-state index is -0.282. The van der Waals surface area contributed by atoms with Gasteiger partial charge in [-0.1, -0.05) is 0 Å². The first-order valence-corrected chi connectivity index (χ1v) is 14.0. The van der Waals surface area contributed by atoms with Gasteiger partial charge < -0.3 is 14.6 Å². The number of ether oxygens (including phenoxy) is 2. The van der Waals surface area contributed by atoms with E-state index in [2.05, 4.69) is 27.1 Å². The zero-order valence-corrected chi connectivity index (χ0v) is 24.0. The highest BCUT2D eigenvalue weighted by Crippen LogP contribution is 2.37. The highest BCUT2D eigenvalue weighted by atomic mass is 16.5. The highest BCUT2D eigenvalue weighted by Gasteiger charge is 2.35. The molecule has 12 heteroatoms. The lowest BCUT2D eigenvalue weighted by molar-refractivity contribution is 0.122. The Morgan fingerprint density at radius 1 is 1.24 bits per heavy atom. The van der Waals surface area contributed by atoms with Gasteiger partial charge in [0.15, 0.2) is 6.61 Å². The highest BCUT2D eigenvalue weighted by molar-refractivity contribution is 5.93. The fourth-order valence-corrected chi connectivity index (χ4v) is 5.66. The van der Waals surface area contributed by atoms with E-state index in [0.29, 0.717) is 31.0 Å². The van der Waals surface area contributed by atoms with Crippen molar-refractivity contribution in [2.45, 2.75) is 65.2 Å². The number of H-pyrrole nitrogens is 1. The van der Waals surface area contributed by atoms with Crippen LogP contribution in [0.1, 0.15) is 61.1 Å². The third-order valence-electron chi connectivity index (χ3n) is 7.93. The molecule has 214 valence electrons. The molecule has 2 atom stereocenters. The van der Waals surface area contributed by atoms with Gasteiger partial charge in [-0.2, -0.15) is 15.5 Å². The normalized spacial score (nSPS) is 19.1. The van der Waals surface area contributed by atoms with E-state index in [-0.39, 0.29) is 25.3 Å². The lowest BCUT2D eigenvalue weighted by Gasteiger charge is -2.30. The molecule has 0 aromatic carbocycles. The third-order valence-corrected chi connectivity index (χ3v) is 7.93. The largest absolute Gasteiger partial charge is 0.476 e. The Balaban J connectivity index is 1.58. The van der Waals surface area contributed by atoms with Crippen LogP contribution in [0.4, 0.5) is 0 Å². The first-order chi connectivity index (χ1) is 19.8. The van der Waals surface area contributed by atoms with Gasteiger partial charge in [-0.3, -0.25) is 19.7 Å². The average molecular weight is 558 g/mol. The zero-order valence-electron chi connectivity index (χ0n) is 24.0. The summed E-state index contributed by atoms with van der Waals surface area (Å²) in [5, 5.41) is 37.4. The fraction of sp³-hybridized carbons (Fsp3) is 0.483. The van der Waals surface area contributed by atoms with E-state index in [4.69, 9.17) is 19.6 Å². The summed E-state index contributed by atoms with van der Waals surface area (Å²) in [6.07, 6.45) is 6.14. The Morgan fingerprint density at radius 3 is 2.78 bits per heavy atom. The van der Waals surface area contributed by atoms with Crippen molar-refractivity contribution in [3.8, 4) is 29.1 Å². The Bertz CT molecular complexity index is 1670. The van der Waals surface area contributed by atoms with Crippen LogP contribution < -0.4 is 9.47 Å². The first-order valence-electron chi connectivity index (χ1n) is 14.0. The van der Waals surface area contributed by atoms with Crippen LogP contribution in [0.3, 0.4) is 0 Å². The number of pyridine rings is 1. The molecule has 0 saturated heterocycles. The molecule has 1 saturated carbocycles. The summed E-state index contributed by atoms with van der Waals surface area (Å²) in [6.45, 7) is 8.82. The number of nitrogens with one attached hydrogen (secondary N) is 1. The number of hydrogen-bond donors (Lipinski definition) is 2. The summed E-state index contributed by atoms with van der Waals surface area (Å²) < 4.78 is 15.9. The minimum Gasteiger partial charge on any atom is -0.476 e. The van der Waals surface area contributed by atoms with Gasteiger partial charge in [0.1, 0.15) is 18.2 Å². The van der Waals surface area contributed by atoms with Gasteiger partial charge in [0, 0.05) is 31.1 Å². The predicted octanol–water partition coefficient (Wildman–Crippen LogP) is 3.54. The van der Waals surface area contributed by atoms with Crippen molar-refractivity contribution in [1.29, 1.82) is 5.26 Å².